The monoisotopic (exact) mass is 303 g/mol. The van der Waals surface area contributed by atoms with Gasteiger partial charge in [0.2, 0.25) is 5.88 Å². The third-order valence-corrected chi connectivity index (χ3v) is 3.00. The number of imidazole rings is 1. The molecule has 8 nitrogen and oxygen atoms in total. The zero-order chi connectivity index (χ0) is 15.5. The Balaban J connectivity index is 1.67. The van der Waals surface area contributed by atoms with Crippen molar-refractivity contribution < 1.29 is 14.1 Å². The van der Waals surface area contributed by atoms with Crippen molar-refractivity contribution >= 4 is 16.9 Å². The molecule has 0 saturated heterocycles. The van der Waals surface area contributed by atoms with Gasteiger partial charge in [-0.25, -0.2) is 4.98 Å². The largest absolute Gasteiger partial charge is 0.476 e. The number of nitrogens with zero attached hydrogens (tertiary/aromatic N) is 4. The van der Waals surface area contributed by atoms with Crippen molar-refractivity contribution in [2.24, 2.45) is 0 Å². The lowest BCUT2D eigenvalue weighted by Gasteiger charge is -2.06. The maximum absolute atomic E-state index is 13.2. The fourth-order valence-electron chi connectivity index (χ4n) is 1.94. The minimum absolute atomic E-state index is 0.0294. The Labute approximate surface area is 123 Å². The maximum atomic E-state index is 13.2. The Morgan fingerprint density at radius 3 is 2.77 bits per heavy atom. The summed E-state index contributed by atoms with van der Waals surface area (Å²) in [6.07, 6.45) is 0.964. The molecule has 3 rings (SSSR count). The van der Waals surface area contributed by atoms with Crippen molar-refractivity contribution in [2.45, 2.75) is 6.42 Å². The maximum Gasteiger partial charge on any atom is 0.314 e. The fourth-order valence-corrected chi connectivity index (χ4v) is 1.94. The summed E-state index contributed by atoms with van der Waals surface area (Å²) in [5.74, 6) is 0.0851. The SMILES string of the molecule is O=[N+]([O-])c1ccc(CCOc2nc(F)nc3nc[nH]c23)cc1. The Morgan fingerprint density at radius 1 is 1.27 bits per heavy atom. The molecular formula is C13H10FN5O3. The highest BCUT2D eigenvalue weighted by Gasteiger charge is 2.11. The number of non-ortho nitro benzene ring substituents is 1. The lowest BCUT2D eigenvalue weighted by Crippen LogP contribution is -2.05. The molecule has 0 fully saturated rings. The Hall–Kier alpha value is -3.10. The van der Waals surface area contributed by atoms with E-state index in [1.807, 2.05) is 0 Å². The minimum Gasteiger partial charge on any atom is -0.476 e. The van der Waals surface area contributed by atoms with E-state index >= 15 is 0 Å². The van der Waals surface area contributed by atoms with E-state index in [0.29, 0.717) is 11.9 Å². The van der Waals surface area contributed by atoms with Gasteiger partial charge in [-0.1, -0.05) is 12.1 Å². The molecule has 0 atom stereocenters. The molecule has 2 aromatic heterocycles. The van der Waals surface area contributed by atoms with Gasteiger partial charge in [-0.2, -0.15) is 14.4 Å². The molecular weight excluding hydrogens is 293 g/mol. The minimum atomic E-state index is -0.912. The number of nitrogens with one attached hydrogen (secondary N) is 1. The van der Waals surface area contributed by atoms with E-state index < -0.39 is 11.0 Å². The second kappa shape index (κ2) is 5.72. The van der Waals surface area contributed by atoms with Crippen molar-refractivity contribution in [3.8, 4) is 5.88 Å². The van der Waals surface area contributed by atoms with E-state index in [-0.39, 0.29) is 23.8 Å². The summed E-state index contributed by atoms with van der Waals surface area (Å²) in [7, 11) is 0. The summed E-state index contributed by atoms with van der Waals surface area (Å²) < 4.78 is 18.7. The van der Waals surface area contributed by atoms with Crippen LogP contribution < -0.4 is 4.74 Å². The van der Waals surface area contributed by atoms with E-state index in [1.165, 1.54) is 18.5 Å². The number of nitro groups is 1. The summed E-state index contributed by atoms with van der Waals surface area (Å²) in [4.78, 5) is 23.8. The first kappa shape index (κ1) is 13.9. The molecule has 0 unspecified atom stereocenters. The van der Waals surface area contributed by atoms with Crippen LogP contribution in [0.5, 0.6) is 5.88 Å². The number of halogens is 1. The highest BCUT2D eigenvalue weighted by molar-refractivity contribution is 5.74. The lowest BCUT2D eigenvalue weighted by molar-refractivity contribution is -0.384. The molecule has 0 spiro atoms. The first-order valence-electron chi connectivity index (χ1n) is 6.36. The summed E-state index contributed by atoms with van der Waals surface area (Å²) in [5, 5.41) is 10.6. The number of benzene rings is 1. The van der Waals surface area contributed by atoms with Crippen LogP contribution >= 0.6 is 0 Å². The molecule has 0 saturated carbocycles. The second-order valence-corrected chi connectivity index (χ2v) is 4.42. The standard InChI is InChI=1S/C13H10FN5O3/c14-13-17-11-10(15-7-16-11)12(18-13)22-6-5-8-1-3-9(4-2-8)19(20)21/h1-4,7H,5-6H2,(H,15,16,17,18). The zero-order valence-electron chi connectivity index (χ0n) is 11.2. The van der Waals surface area contributed by atoms with Crippen LogP contribution in [0.4, 0.5) is 10.1 Å². The highest BCUT2D eigenvalue weighted by atomic mass is 19.1. The number of hydrogen-bond donors (Lipinski definition) is 1. The molecule has 0 aliphatic carbocycles. The van der Waals surface area contributed by atoms with Crippen molar-refractivity contribution in [3.63, 3.8) is 0 Å². The lowest BCUT2D eigenvalue weighted by atomic mass is 10.1. The van der Waals surface area contributed by atoms with Gasteiger partial charge < -0.3 is 9.72 Å². The molecule has 0 radical (unpaired) electrons. The molecule has 0 bridgehead atoms. The average molecular weight is 303 g/mol. The van der Waals surface area contributed by atoms with Gasteiger partial charge in [-0.15, -0.1) is 0 Å². The van der Waals surface area contributed by atoms with Crippen LogP contribution in [0.25, 0.3) is 11.2 Å². The highest BCUT2D eigenvalue weighted by Crippen LogP contribution is 2.19. The van der Waals surface area contributed by atoms with Crippen LogP contribution in [-0.4, -0.2) is 31.5 Å². The second-order valence-electron chi connectivity index (χ2n) is 4.42. The van der Waals surface area contributed by atoms with Crippen molar-refractivity contribution in [1.82, 2.24) is 19.9 Å². The quantitative estimate of drug-likeness (QED) is 0.439. The van der Waals surface area contributed by atoms with E-state index in [1.54, 1.807) is 12.1 Å². The number of ether oxygens (including phenoxy) is 1. The normalized spacial score (nSPS) is 10.8. The molecule has 2 heterocycles. The van der Waals surface area contributed by atoms with E-state index in [2.05, 4.69) is 19.9 Å². The van der Waals surface area contributed by atoms with Gasteiger partial charge in [0.1, 0.15) is 5.52 Å². The predicted octanol–water partition coefficient (Wildman–Crippen LogP) is 2.02. The molecule has 9 heteroatoms. The Kier molecular flexibility index (Phi) is 3.60. The third kappa shape index (κ3) is 2.82. The molecule has 0 amide bonds. The molecule has 0 aliphatic heterocycles. The van der Waals surface area contributed by atoms with Gasteiger partial charge in [0.25, 0.3) is 5.69 Å². The van der Waals surface area contributed by atoms with Crippen molar-refractivity contribution in [1.29, 1.82) is 0 Å². The summed E-state index contributed by atoms with van der Waals surface area (Å²) in [6, 6.07) is 6.14. The first-order chi connectivity index (χ1) is 10.6. The van der Waals surface area contributed by atoms with Crippen LogP contribution in [0.1, 0.15) is 5.56 Å². The molecule has 22 heavy (non-hydrogen) atoms. The van der Waals surface area contributed by atoms with Crippen LogP contribution in [-0.2, 0) is 6.42 Å². The molecule has 3 aromatic rings. The van der Waals surface area contributed by atoms with Gasteiger partial charge in [-0.3, -0.25) is 10.1 Å². The smallest absolute Gasteiger partial charge is 0.314 e. The van der Waals surface area contributed by atoms with E-state index in [0.717, 1.165) is 5.56 Å². The fraction of sp³-hybridized carbons (Fsp3) is 0.154. The molecule has 112 valence electrons. The Bertz CT molecular complexity index is 818. The molecule has 1 aromatic carbocycles. The summed E-state index contributed by atoms with van der Waals surface area (Å²) in [6.45, 7) is 0.238. The molecule has 1 N–H and O–H groups in total. The number of H-pyrrole nitrogens is 1. The van der Waals surface area contributed by atoms with Crippen molar-refractivity contribution in [2.75, 3.05) is 6.61 Å². The van der Waals surface area contributed by atoms with Crippen LogP contribution in [0.2, 0.25) is 0 Å². The average Bonchev–Trinajstić information content (AvgIpc) is 2.96. The molecule has 0 aliphatic rings. The number of aromatic nitrogens is 4. The van der Waals surface area contributed by atoms with Gasteiger partial charge in [-0.05, 0) is 5.56 Å². The van der Waals surface area contributed by atoms with Crippen LogP contribution in [0.15, 0.2) is 30.6 Å². The number of aromatic amines is 1. The van der Waals surface area contributed by atoms with Crippen LogP contribution in [0.3, 0.4) is 0 Å². The topological polar surface area (TPSA) is 107 Å². The number of nitro benzene ring substituents is 1. The summed E-state index contributed by atoms with van der Waals surface area (Å²) >= 11 is 0. The van der Waals surface area contributed by atoms with Gasteiger partial charge in [0.15, 0.2) is 5.65 Å². The predicted molar refractivity (Wildman–Crippen MR) is 73.9 cm³/mol. The Morgan fingerprint density at radius 2 is 2.05 bits per heavy atom. The van der Waals surface area contributed by atoms with E-state index in [4.69, 9.17) is 4.74 Å². The number of fused-ring (bicyclic) bond motifs is 1. The summed E-state index contributed by atoms with van der Waals surface area (Å²) in [5.41, 5.74) is 1.51. The van der Waals surface area contributed by atoms with E-state index in [9.17, 15) is 14.5 Å². The van der Waals surface area contributed by atoms with Crippen molar-refractivity contribution in [3.05, 3.63) is 52.3 Å². The number of hydrogen-bond acceptors (Lipinski definition) is 6. The zero-order valence-corrected chi connectivity index (χ0v) is 11.2. The van der Waals surface area contributed by atoms with Gasteiger partial charge in [0.05, 0.1) is 17.9 Å². The number of rotatable bonds is 5. The third-order valence-electron chi connectivity index (χ3n) is 3.00. The first-order valence-corrected chi connectivity index (χ1v) is 6.36. The van der Waals surface area contributed by atoms with Crippen LogP contribution in [0, 0.1) is 16.2 Å². The van der Waals surface area contributed by atoms with Gasteiger partial charge >= 0.3 is 6.08 Å². The van der Waals surface area contributed by atoms with Gasteiger partial charge in [0, 0.05) is 18.6 Å².